The van der Waals surface area contributed by atoms with Crippen molar-refractivity contribution in [2.75, 3.05) is 44.8 Å². The lowest BCUT2D eigenvalue weighted by molar-refractivity contribution is -0.151. The summed E-state index contributed by atoms with van der Waals surface area (Å²) in [5.41, 5.74) is 0.459. The summed E-state index contributed by atoms with van der Waals surface area (Å²) in [4.78, 5) is 37.7. The van der Waals surface area contributed by atoms with Crippen molar-refractivity contribution in [3.05, 3.63) is 41.8 Å². The zero-order valence-electron chi connectivity index (χ0n) is 13.5. The van der Waals surface area contributed by atoms with Crippen molar-refractivity contribution >= 4 is 23.3 Å². The summed E-state index contributed by atoms with van der Waals surface area (Å²) in [6.45, 7) is 1.18. The number of nitrogens with zero attached hydrogens (tertiary/aromatic N) is 1. The van der Waals surface area contributed by atoms with E-state index in [4.69, 9.17) is 14.2 Å². The van der Waals surface area contributed by atoms with Crippen LogP contribution in [0.4, 0.5) is 5.69 Å². The molecule has 8 nitrogen and oxygen atoms in total. The van der Waals surface area contributed by atoms with Gasteiger partial charge in [0.25, 0.3) is 5.91 Å². The van der Waals surface area contributed by atoms with Gasteiger partial charge in [-0.3, -0.25) is 9.59 Å². The second-order valence-electron chi connectivity index (χ2n) is 5.48. The Balaban J connectivity index is 1.63. The van der Waals surface area contributed by atoms with Crippen molar-refractivity contribution in [2.24, 2.45) is 0 Å². The van der Waals surface area contributed by atoms with Gasteiger partial charge in [-0.25, -0.2) is 4.79 Å². The molecule has 1 fully saturated rings. The van der Waals surface area contributed by atoms with Crippen LogP contribution in [0, 0.1) is 0 Å². The van der Waals surface area contributed by atoms with Gasteiger partial charge in [0.2, 0.25) is 11.7 Å². The quantitative estimate of drug-likeness (QED) is 0.606. The molecule has 25 heavy (non-hydrogen) atoms. The summed E-state index contributed by atoms with van der Waals surface area (Å²) in [6, 6.07) is 8.98. The molecule has 2 aliphatic heterocycles. The largest absolute Gasteiger partial charge is 0.470 e. The number of benzene rings is 1. The molecule has 0 unspecified atom stereocenters. The standard InChI is InChI=1S/C17H18N2O6/c20-13-10-24-16(18-12-4-2-1-3-5-12)15(13)17(22)25-11-14(21)19-6-8-23-9-7-19/h1-5,18H,6-11H2. The third-order valence-corrected chi connectivity index (χ3v) is 3.78. The van der Waals surface area contributed by atoms with Gasteiger partial charge in [0.05, 0.1) is 13.2 Å². The normalized spacial score (nSPS) is 17.3. The van der Waals surface area contributed by atoms with Crippen LogP contribution in [0.15, 0.2) is 41.8 Å². The van der Waals surface area contributed by atoms with Gasteiger partial charge in [-0.1, -0.05) is 18.2 Å². The third-order valence-electron chi connectivity index (χ3n) is 3.78. The van der Waals surface area contributed by atoms with E-state index in [0.717, 1.165) is 0 Å². The molecule has 0 bridgehead atoms. The summed E-state index contributed by atoms with van der Waals surface area (Å²) in [5, 5.41) is 2.88. The number of nitrogens with one attached hydrogen (secondary N) is 1. The first-order chi connectivity index (χ1) is 12.1. The van der Waals surface area contributed by atoms with Crippen molar-refractivity contribution < 1.29 is 28.6 Å². The Morgan fingerprint density at radius 1 is 1.16 bits per heavy atom. The number of hydrogen-bond donors (Lipinski definition) is 1. The fourth-order valence-electron chi connectivity index (χ4n) is 2.47. The summed E-state index contributed by atoms with van der Waals surface area (Å²) < 4.78 is 15.4. The van der Waals surface area contributed by atoms with Gasteiger partial charge in [0.15, 0.2) is 18.8 Å². The number of ketones is 1. The van der Waals surface area contributed by atoms with Crippen LogP contribution in [0.5, 0.6) is 0 Å². The molecule has 0 aliphatic carbocycles. The highest BCUT2D eigenvalue weighted by Crippen LogP contribution is 2.20. The number of carbonyl (C=O) groups is 3. The Bertz CT molecular complexity index is 694. The molecule has 1 N–H and O–H groups in total. The van der Waals surface area contributed by atoms with E-state index in [-0.39, 0.29) is 24.0 Å². The average Bonchev–Trinajstić information content (AvgIpc) is 3.01. The Hall–Kier alpha value is -2.87. The lowest BCUT2D eigenvalue weighted by atomic mass is 10.2. The summed E-state index contributed by atoms with van der Waals surface area (Å²) >= 11 is 0. The Kier molecular flexibility index (Phi) is 5.30. The fraction of sp³-hybridized carbons (Fsp3) is 0.353. The molecule has 2 aliphatic rings. The molecule has 0 saturated carbocycles. The molecule has 1 amide bonds. The average molecular weight is 346 g/mol. The zero-order chi connectivity index (χ0) is 17.6. The second-order valence-corrected chi connectivity index (χ2v) is 5.48. The predicted octanol–water partition coefficient (Wildman–Crippen LogP) is 0.311. The van der Waals surface area contributed by atoms with Gasteiger partial charge in [-0.2, -0.15) is 0 Å². The molecule has 1 saturated heterocycles. The van der Waals surface area contributed by atoms with E-state index in [2.05, 4.69) is 5.32 Å². The van der Waals surface area contributed by atoms with E-state index >= 15 is 0 Å². The number of amides is 1. The first kappa shape index (κ1) is 17.0. The van der Waals surface area contributed by atoms with Crippen LogP contribution in [0.25, 0.3) is 0 Å². The van der Waals surface area contributed by atoms with Crippen molar-refractivity contribution in [1.82, 2.24) is 4.90 Å². The van der Waals surface area contributed by atoms with Crippen molar-refractivity contribution in [2.45, 2.75) is 0 Å². The number of para-hydroxylation sites is 1. The van der Waals surface area contributed by atoms with Crippen molar-refractivity contribution in [3.63, 3.8) is 0 Å². The lowest BCUT2D eigenvalue weighted by Gasteiger charge is -2.26. The zero-order valence-corrected chi connectivity index (χ0v) is 13.5. The molecule has 0 aromatic heterocycles. The number of ether oxygens (including phenoxy) is 3. The summed E-state index contributed by atoms with van der Waals surface area (Å²) in [5.74, 6) is -1.63. The maximum atomic E-state index is 12.2. The van der Waals surface area contributed by atoms with Crippen LogP contribution in [0.3, 0.4) is 0 Å². The summed E-state index contributed by atoms with van der Waals surface area (Å²) in [7, 11) is 0. The van der Waals surface area contributed by atoms with Gasteiger partial charge in [-0.05, 0) is 12.1 Å². The van der Waals surface area contributed by atoms with Crippen molar-refractivity contribution in [3.8, 4) is 0 Å². The molecule has 0 spiro atoms. The molecule has 3 rings (SSSR count). The predicted molar refractivity (Wildman–Crippen MR) is 86.4 cm³/mol. The molecule has 2 heterocycles. The second kappa shape index (κ2) is 7.80. The number of esters is 1. The number of rotatable bonds is 5. The summed E-state index contributed by atoms with van der Waals surface area (Å²) in [6.07, 6.45) is 0. The van der Waals surface area contributed by atoms with Crippen molar-refractivity contribution in [1.29, 1.82) is 0 Å². The molecular weight excluding hydrogens is 328 g/mol. The highest BCUT2D eigenvalue weighted by atomic mass is 16.5. The highest BCUT2D eigenvalue weighted by Gasteiger charge is 2.33. The minimum absolute atomic E-state index is 0.0417. The molecule has 0 atom stereocenters. The van der Waals surface area contributed by atoms with Crippen LogP contribution in [0.2, 0.25) is 0 Å². The SMILES string of the molecule is O=C1COC(Nc2ccccc2)=C1C(=O)OCC(=O)N1CCOCC1. The third kappa shape index (κ3) is 4.16. The molecule has 1 aromatic carbocycles. The van der Waals surface area contributed by atoms with E-state index in [1.165, 1.54) is 0 Å². The fourth-order valence-corrected chi connectivity index (χ4v) is 2.47. The van der Waals surface area contributed by atoms with Gasteiger partial charge < -0.3 is 24.4 Å². The van der Waals surface area contributed by atoms with E-state index < -0.39 is 18.4 Å². The van der Waals surface area contributed by atoms with E-state index in [1.807, 2.05) is 6.07 Å². The van der Waals surface area contributed by atoms with Gasteiger partial charge >= 0.3 is 5.97 Å². The molecule has 0 radical (unpaired) electrons. The van der Waals surface area contributed by atoms with Gasteiger partial charge in [0, 0.05) is 18.8 Å². The van der Waals surface area contributed by atoms with E-state index in [0.29, 0.717) is 32.0 Å². The number of hydrogen-bond acceptors (Lipinski definition) is 7. The molecular formula is C17H18N2O6. The number of anilines is 1. The maximum absolute atomic E-state index is 12.2. The monoisotopic (exact) mass is 346 g/mol. The molecule has 1 aromatic rings. The van der Waals surface area contributed by atoms with Crippen LogP contribution < -0.4 is 5.32 Å². The smallest absolute Gasteiger partial charge is 0.347 e. The molecule has 132 valence electrons. The van der Waals surface area contributed by atoms with Crippen LogP contribution in [-0.4, -0.2) is 62.1 Å². The first-order valence-corrected chi connectivity index (χ1v) is 7.90. The Morgan fingerprint density at radius 3 is 2.60 bits per heavy atom. The minimum atomic E-state index is -0.873. The lowest BCUT2D eigenvalue weighted by Crippen LogP contribution is -2.42. The first-order valence-electron chi connectivity index (χ1n) is 7.90. The number of carbonyl (C=O) groups excluding carboxylic acids is 3. The Morgan fingerprint density at radius 2 is 1.88 bits per heavy atom. The highest BCUT2D eigenvalue weighted by molar-refractivity contribution is 6.20. The minimum Gasteiger partial charge on any atom is -0.470 e. The van der Waals surface area contributed by atoms with E-state index in [1.54, 1.807) is 29.2 Å². The van der Waals surface area contributed by atoms with E-state index in [9.17, 15) is 14.4 Å². The topological polar surface area (TPSA) is 94.2 Å². The van der Waals surface area contributed by atoms with Crippen LogP contribution >= 0.6 is 0 Å². The van der Waals surface area contributed by atoms with Gasteiger partial charge in [-0.15, -0.1) is 0 Å². The van der Waals surface area contributed by atoms with Gasteiger partial charge in [0.1, 0.15) is 0 Å². The number of Topliss-reactive ketones (excluding diaryl/α,β-unsaturated/α-hetero) is 1. The Labute approximate surface area is 144 Å². The van der Waals surface area contributed by atoms with Crippen LogP contribution in [-0.2, 0) is 28.6 Å². The van der Waals surface area contributed by atoms with Crippen LogP contribution in [0.1, 0.15) is 0 Å². The molecule has 8 heteroatoms. The number of morpholine rings is 1. The maximum Gasteiger partial charge on any atom is 0.347 e.